The minimum absolute atomic E-state index is 0.130. The number of amides is 1. The van der Waals surface area contributed by atoms with E-state index in [1.54, 1.807) is 29.7 Å². The first-order valence-corrected chi connectivity index (χ1v) is 15.6. The molecule has 44 heavy (non-hydrogen) atoms. The van der Waals surface area contributed by atoms with E-state index in [9.17, 15) is 14.7 Å². The fourth-order valence-corrected chi connectivity index (χ4v) is 6.83. The summed E-state index contributed by atoms with van der Waals surface area (Å²) in [5, 5.41) is 17.7. The number of nitrogens with one attached hydrogen (secondary N) is 1. The lowest BCUT2D eigenvalue weighted by molar-refractivity contribution is -0.138. The van der Waals surface area contributed by atoms with Gasteiger partial charge in [-0.15, -0.1) is 5.10 Å². The minimum atomic E-state index is -0.940. The van der Waals surface area contributed by atoms with Crippen LogP contribution in [0.5, 0.6) is 0 Å². The zero-order valence-corrected chi connectivity index (χ0v) is 26.2. The van der Waals surface area contributed by atoms with Gasteiger partial charge in [-0.3, -0.25) is 0 Å². The largest absolute Gasteiger partial charge is 0.480 e. The van der Waals surface area contributed by atoms with Gasteiger partial charge in [0.2, 0.25) is 0 Å². The van der Waals surface area contributed by atoms with E-state index >= 15 is 0 Å². The smallest absolute Gasteiger partial charge is 0.408 e. The Labute approximate surface area is 257 Å². The summed E-state index contributed by atoms with van der Waals surface area (Å²) in [7, 11) is 1.72. The van der Waals surface area contributed by atoms with Crippen LogP contribution in [-0.2, 0) is 20.7 Å². The van der Waals surface area contributed by atoms with Crippen LogP contribution in [0.15, 0.2) is 30.5 Å². The Morgan fingerprint density at radius 3 is 2.64 bits per heavy atom. The predicted molar refractivity (Wildman–Crippen MR) is 166 cm³/mol. The number of anilines is 2. The van der Waals surface area contributed by atoms with E-state index in [1.165, 1.54) is 5.56 Å². The Morgan fingerprint density at radius 2 is 1.95 bits per heavy atom. The Balaban J connectivity index is 1.27. The molecule has 1 aromatic carbocycles. The zero-order chi connectivity index (χ0) is 31.2. The van der Waals surface area contributed by atoms with Crippen LogP contribution in [-0.4, -0.2) is 75.3 Å². The number of carboxylic acid groups (broad SMARTS) is 1. The molecular weight excluding hydrogens is 562 g/mol. The molecule has 0 bridgehead atoms. The van der Waals surface area contributed by atoms with E-state index < -0.39 is 23.7 Å². The van der Waals surface area contributed by atoms with E-state index in [0.717, 1.165) is 63.0 Å². The van der Waals surface area contributed by atoms with Crippen LogP contribution in [0.25, 0.3) is 11.2 Å². The zero-order valence-electron chi connectivity index (χ0n) is 26.2. The van der Waals surface area contributed by atoms with E-state index in [4.69, 9.17) is 24.5 Å². The molecule has 0 radical (unpaired) electrons. The molecule has 2 saturated heterocycles. The topological polar surface area (TPSA) is 135 Å². The van der Waals surface area contributed by atoms with Crippen LogP contribution in [0.4, 0.5) is 16.4 Å². The average Bonchev–Trinajstić information content (AvgIpc) is 3.51. The van der Waals surface area contributed by atoms with Gasteiger partial charge >= 0.3 is 12.1 Å². The van der Waals surface area contributed by atoms with Crippen LogP contribution in [0.1, 0.15) is 83.2 Å². The first kappa shape index (κ1) is 30.1. The van der Waals surface area contributed by atoms with Gasteiger partial charge in [0.15, 0.2) is 23.2 Å². The fraction of sp³-hybridized carbons (Fsp3) is 0.594. The number of likely N-dealkylation sites (N-methyl/N-ethyl adjacent to an activating group) is 1. The minimum Gasteiger partial charge on any atom is -0.480 e. The second kappa shape index (κ2) is 11.5. The van der Waals surface area contributed by atoms with Crippen molar-refractivity contribution in [1.82, 2.24) is 25.1 Å². The van der Waals surface area contributed by atoms with Crippen LogP contribution < -0.4 is 15.1 Å². The third kappa shape index (κ3) is 5.67. The normalized spacial score (nSPS) is 22.1. The van der Waals surface area contributed by atoms with Gasteiger partial charge in [-0.1, -0.05) is 24.3 Å². The number of fused-ring (bicyclic) bond motifs is 2. The molecule has 236 valence electrons. The van der Waals surface area contributed by atoms with Crippen molar-refractivity contribution < 1.29 is 24.2 Å². The van der Waals surface area contributed by atoms with Crippen LogP contribution >= 0.6 is 0 Å². The third-order valence-electron chi connectivity index (χ3n) is 9.34. The fourth-order valence-electron chi connectivity index (χ4n) is 6.83. The van der Waals surface area contributed by atoms with Crippen molar-refractivity contribution in [2.45, 2.75) is 90.1 Å². The number of ether oxygens (including phenoxy) is 2. The summed E-state index contributed by atoms with van der Waals surface area (Å²) in [6, 6.07) is 7.45. The highest BCUT2D eigenvalue weighted by molar-refractivity contribution is 5.88. The lowest BCUT2D eigenvalue weighted by atomic mass is 9.72. The van der Waals surface area contributed by atoms with Crippen molar-refractivity contribution >= 4 is 34.9 Å². The van der Waals surface area contributed by atoms with Crippen molar-refractivity contribution in [1.29, 1.82) is 0 Å². The Hall–Kier alpha value is -3.93. The van der Waals surface area contributed by atoms with Gasteiger partial charge in [-0.05, 0) is 77.3 Å². The van der Waals surface area contributed by atoms with E-state index in [2.05, 4.69) is 28.4 Å². The van der Waals surface area contributed by atoms with Crippen molar-refractivity contribution in [3.8, 4) is 0 Å². The number of alkyl carbamates (subject to hydrolysis) is 1. The second-order valence-electron chi connectivity index (χ2n) is 13.4. The summed E-state index contributed by atoms with van der Waals surface area (Å²) in [5.74, 6) is 0.280. The highest BCUT2D eigenvalue weighted by atomic mass is 16.6. The van der Waals surface area contributed by atoms with Crippen molar-refractivity contribution in [2.24, 2.45) is 5.41 Å². The maximum atomic E-state index is 12.9. The number of hydrogen-bond acceptors (Lipinski definition) is 9. The Morgan fingerprint density at radius 1 is 1.20 bits per heavy atom. The second-order valence-corrected chi connectivity index (χ2v) is 13.4. The third-order valence-corrected chi connectivity index (χ3v) is 9.34. The summed E-state index contributed by atoms with van der Waals surface area (Å²) in [6.07, 6.45) is 6.52. The van der Waals surface area contributed by atoms with Gasteiger partial charge in [0.05, 0.1) is 12.2 Å². The van der Waals surface area contributed by atoms with Crippen LogP contribution in [0.3, 0.4) is 0 Å². The molecule has 1 amide bonds. The molecule has 3 atom stereocenters. The SMILES string of the molecule is C[C@@H](C(=O)O)N(C)c1nn(C2CCCCO2)c2nc(N3CCC4(CC3)Cc3ccccc3[C@H]4NC(=O)OC(C)(C)C)cnc12. The monoisotopic (exact) mass is 605 g/mol. The summed E-state index contributed by atoms with van der Waals surface area (Å²) in [5.41, 5.74) is 2.87. The molecule has 2 N–H and O–H groups in total. The number of benzene rings is 1. The van der Waals surface area contributed by atoms with Gasteiger partial charge in [-0.25, -0.2) is 24.2 Å². The van der Waals surface area contributed by atoms with Crippen molar-refractivity contribution in [2.75, 3.05) is 36.5 Å². The maximum Gasteiger partial charge on any atom is 0.408 e. The maximum absolute atomic E-state index is 12.9. The number of aromatic nitrogens is 4. The number of nitrogens with zero attached hydrogens (tertiary/aromatic N) is 6. The molecule has 4 heterocycles. The number of rotatable bonds is 6. The Kier molecular flexibility index (Phi) is 7.89. The molecule has 1 aliphatic carbocycles. The van der Waals surface area contributed by atoms with Crippen LogP contribution in [0, 0.1) is 5.41 Å². The number of carbonyl (C=O) groups excluding carboxylic acids is 1. The predicted octanol–water partition coefficient (Wildman–Crippen LogP) is 4.84. The number of hydrogen-bond donors (Lipinski definition) is 2. The molecule has 12 heteroatoms. The van der Waals surface area contributed by atoms with Gasteiger partial charge in [0.1, 0.15) is 17.5 Å². The first-order chi connectivity index (χ1) is 21.0. The molecule has 6 rings (SSSR count). The van der Waals surface area contributed by atoms with Crippen molar-refractivity contribution in [3.05, 3.63) is 41.6 Å². The standard InChI is InChI=1S/C32H43N7O5/c1-20(29(40)41)37(5)28-25-27(39(36-28)24-12-8-9-17-43-24)34-23(19-33-25)38-15-13-32(14-16-38)18-21-10-6-7-11-22(21)26(32)35-30(42)44-31(2,3)4/h6-7,10-11,19-20,24,26H,8-9,12-18H2,1-5H3,(H,35,42)(H,40,41)/t20-,24?,26+/m0/s1. The quantitative estimate of drug-likeness (QED) is 0.402. The summed E-state index contributed by atoms with van der Waals surface area (Å²) in [4.78, 5) is 38.4. The van der Waals surface area contributed by atoms with Gasteiger partial charge in [0, 0.05) is 32.2 Å². The number of piperidine rings is 1. The number of carbonyl (C=O) groups is 2. The molecule has 1 unspecified atom stereocenters. The van der Waals surface area contributed by atoms with Crippen molar-refractivity contribution in [3.63, 3.8) is 0 Å². The first-order valence-electron chi connectivity index (χ1n) is 15.6. The van der Waals surface area contributed by atoms with E-state index in [1.807, 2.05) is 26.8 Å². The van der Waals surface area contributed by atoms with E-state index in [0.29, 0.717) is 23.6 Å². The number of carboxylic acids is 1. The molecule has 1 spiro atoms. The molecule has 3 aromatic rings. The average molecular weight is 606 g/mol. The summed E-state index contributed by atoms with van der Waals surface area (Å²) in [6.45, 7) is 9.39. The molecule has 2 aromatic heterocycles. The number of aliphatic carboxylic acids is 1. The summed E-state index contributed by atoms with van der Waals surface area (Å²) < 4.78 is 13.5. The molecule has 0 saturated carbocycles. The van der Waals surface area contributed by atoms with Gasteiger partial charge in [-0.2, -0.15) is 0 Å². The highest BCUT2D eigenvalue weighted by Crippen LogP contribution is 2.52. The van der Waals surface area contributed by atoms with E-state index in [-0.39, 0.29) is 17.7 Å². The molecular formula is C32H43N7O5. The van der Waals surface area contributed by atoms with Crippen LogP contribution in [0.2, 0.25) is 0 Å². The molecule has 12 nitrogen and oxygen atoms in total. The lowest BCUT2D eigenvalue weighted by Gasteiger charge is -2.43. The molecule has 2 fully saturated rings. The molecule has 3 aliphatic rings. The molecule has 2 aliphatic heterocycles. The Bertz CT molecular complexity index is 1540. The lowest BCUT2D eigenvalue weighted by Crippen LogP contribution is -2.48. The highest BCUT2D eigenvalue weighted by Gasteiger charge is 2.49. The van der Waals surface area contributed by atoms with Gasteiger partial charge in [0.25, 0.3) is 0 Å². The van der Waals surface area contributed by atoms with Gasteiger partial charge < -0.3 is 29.7 Å². The summed E-state index contributed by atoms with van der Waals surface area (Å²) >= 11 is 0.